The quantitative estimate of drug-likeness (QED) is 0.0913. The molecule has 3 aliphatic heterocycles. The first-order valence-electron chi connectivity index (χ1n) is 14.2. The predicted molar refractivity (Wildman–Crippen MR) is 142 cm³/mol. The van der Waals surface area contributed by atoms with E-state index in [2.05, 4.69) is 10.6 Å². The molecule has 1 unspecified atom stereocenters. The van der Waals surface area contributed by atoms with Gasteiger partial charge in [0.25, 0.3) is 5.79 Å². The fraction of sp³-hybridized carbons (Fsp3) is 0.880. The lowest BCUT2D eigenvalue weighted by atomic mass is 9.88. The number of carboxylic acid groups (broad SMARTS) is 1. The predicted octanol–water partition coefficient (Wildman–Crippen LogP) is -8.08. The van der Waals surface area contributed by atoms with E-state index < -0.39 is 142 Å². The van der Waals surface area contributed by atoms with Crippen LogP contribution in [0.5, 0.6) is 0 Å². The number of aliphatic carboxylic acids is 1. The van der Waals surface area contributed by atoms with Gasteiger partial charge >= 0.3 is 5.97 Å². The minimum atomic E-state index is -2.84. The van der Waals surface area contributed by atoms with Gasteiger partial charge in [0.1, 0.15) is 67.1 Å². The van der Waals surface area contributed by atoms with Gasteiger partial charge < -0.3 is 90.5 Å². The Kier molecular flexibility index (Phi) is 13.1. The van der Waals surface area contributed by atoms with Gasteiger partial charge in [0.15, 0.2) is 12.6 Å². The summed E-state index contributed by atoms with van der Waals surface area (Å²) in [5, 5.41) is 117. The maximum atomic E-state index is 12.5. The first kappa shape index (κ1) is 38.3. The van der Waals surface area contributed by atoms with Crippen molar-refractivity contribution < 1.29 is 94.2 Å². The summed E-state index contributed by atoms with van der Waals surface area (Å²) in [6.07, 6.45) is -24.8. The minimum Gasteiger partial charge on any atom is -0.477 e. The number of rotatable bonds is 12. The first-order chi connectivity index (χ1) is 21.5. The van der Waals surface area contributed by atoms with Gasteiger partial charge in [-0.25, -0.2) is 4.79 Å². The highest BCUT2D eigenvalue weighted by Gasteiger charge is 2.57. The Morgan fingerprint density at radius 3 is 2.02 bits per heavy atom. The number of amides is 2. The third-order valence-electron chi connectivity index (χ3n) is 7.87. The van der Waals surface area contributed by atoms with Crippen molar-refractivity contribution in [2.24, 2.45) is 0 Å². The molecule has 0 aliphatic carbocycles. The highest BCUT2D eigenvalue weighted by Crippen LogP contribution is 2.35. The molecule has 16 atom stereocenters. The van der Waals surface area contributed by atoms with Crippen molar-refractivity contribution in [3.63, 3.8) is 0 Å². The van der Waals surface area contributed by atoms with Crippen molar-refractivity contribution in [1.29, 1.82) is 0 Å². The van der Waals surface area contributed by atoms with Gasteiger partial charge in [-0.2, -0.15) is 0 Å². The molecule has 0 aromatic rings. The Labute approximate surface area is 260 Å². The molecule has 3 heterocycles. The smallest absolute Gasteiger partial charge is 0.364 e. The highest BCUT2D eigenvalue weighted by atomic mass is 16.7. The lowest BCUT2D eigenvalue weighted by Crippen LogP contribution is -2.69. The fourth-order valence-corrected chi connectivity index (χ4v) is 5.45. The van der Waals surface area contributed by atoms with Gasteiger partial charge in [-0.1, -0.05) is 0 Å². The molecule has 46 heavy (non-hydrogen) atoms. The number of hydrogen-bond donors (Lipinski definition) is 13. The standard InChI is InChI=1S/C25H42N2O19/c1-7(30)26-13-9(32)3-25(24(40)41,46-21(13)15(34)10(33)4-28)42-6-12-17(36)20(14(22(39)43-12)27-8(2)31)45-23-19(38)18(37)16(35)11(5-29)44-23/h9-23,28-29,32-39H,3-6H2,1-2H3,(H,26,30)(H,27,31)(H,40,41)/t9-,10+,11+,12+,13+,14+,15+,16-,17-,18-,19+,20+,21+,22?,23-,25+/m0/s1. The molecule has 3 saturated heterocycles. The molecule has 0 aromatic carbocycles. The van der Waals surface area contributed by atoms with Crippen molar-refractivity contribution in [2.45, 2.75) is 118 Å². The Morgan fingerprint density at radius 2 is 1.48 bits per heavy atom. The Balaban J connectivity index is 1.87. The molecule has 0 saturated carbocycles. The summed E-state index contributed by atoms with van der Waals surface area (Å²) in [6, 6.07) is -3.06. The number of carbonyl (C=O) groups excluding carboxylic acids is 2. The van der Waals surface area contributed by atoms with Crippen LogP contribution in [0, 0.1) is 0 Å². The van der Waals surface area contributed by atoms with Crippen LogP contribution in [-0.4, -0.2) is 191 Å². The first-order valence-corrected chi connectivity index (χ1v) is 14.2. The van der Waals surface area contributed by atoms with Crippen LogP contribution in [0.2, 0.25) is 0 Å². The molecule has 0 spiro atoms. The third kappa shape index (κ3) is 8.26. The maximum absolute atomic E-state index is 12.5. The van der Waals surface area contributed by atoms with Crippen LogP contribution < -0.4 is 10.6 Å². The van der Waals surface area contributed by atoms with E-state index in [1.165, 1.54) is 0 Å². The van der Waals surface area contributed by atoms with Crippen LogP contribution in [0.1, 0.15) is 20.3 Å². The zero-order valence-corrected chi connectivity index (χ0v) is 24.7. The molecule has 13 N–H and O–H groups in total. The second kappa shape index (κ2) is 15.8. The van der Waals surface area contributed by atoms with Crippen molar-refractivity contribution in [1.82, 2.24) is 10.6 Å². The van der Waals surface area contributed by atoms with Gasteiger partial charge in [-0.3, -0.25) is 9.59 Å². The van der Waals surface area contributed by atoms with Gasteiger partial charge in [0.2, 0.25) is 11.8 Å². The Morgan fingerprint density at radius 1 is 0.870 bits per heavy atom. The van der Waals surface area contributed by atoms with E-state index in [0.29, 0.717) is 0 Å². The largest absolute Gasteiger partial charge is 0.477 e. The summed E-state index contributed by atoms with van der Waals surface area (Å²) in [4.78, 5) is 36.0. The molecule has 21 heteroatoms. The van der Waals surface area contributed by atoms with E-state index in [0.717, 1.165) is 13.8 Å². The average Bonchev–Trinajstić information content (AvgIpc) is 2.99. The van der Waals surface area contributed by atoms with Gasteiger partial charge in [-0.05, 0) is 0 Å². The van der Waals surface area contributed by atoms with E-state index in [1.54, 1.807) is 0 Å². The van der Waals surface area contributed by atoms with Gasteiger partial charge in [0.05, 0.1) is 32.0 Å². The second-order valence-electron chi connectivity index (χ2n) is 11.3. The van der Waals surface area contributed by atoms with Crippen molar-refractivity contribution in [3.05, 3.63) is 0 Å². The summed E-state index contributed by atoms with van der Waals surface area (Å²) in [5.74, 6) is -6.18. The van der Waals surface area contributed by atoms with Gasteiger partial charge in [-0.15, -0.1) is 0 Å². The normalized spacial score (nSPS) is 42.9. The lowest BCUT2D eigenvalue weighted by molar-refractivity contribution is -0.351. The van der Waals surface area contributed by atoms with Crippen LogP contribution >= 0.6 is 0 Å². The summed E-state index contributed by atoms with van der Waals surface area (Å²) >= 11 is 0. The average molecular weight is 675 g/mol. The summed E-state index contributed by atoms with van der Waals surface area (Å²) in [7, 11) is 0. The molecule has 266 valence electrons. The van der Waals surface area contributed by atoms with Crippen molar-refractivity contribution in [3.8, 4) is 0 Å². The third-order valence-corrected chi connectivity index (χ3v) is 7.87. The van der Waals surface area contributed by atoms with Crippen LogP contribution in [0.3, 0.4) is 0 Å². The Bertz CT molecular complexity index is 1050. The molecule has 21 nitrogen and oxygen atoms in total. The molecule has 3 fully saturated rings. The van der Waals surface area contributed by atoms with Gasteiger partial charge in [0, 0.05) is 20.3 Å². The van der Waals surface area contributed by atoms with Crippen molar-refractivity contribution in [2.75, 3.05) is 19.8 Å². The number of carbonyl (C=O) groups is 3. The van der Waals surface area contributed by atoms with Crippen molar-refractivity contribution >= 4 is 17.8 Å². The fourth-order valence-electron chi connectivity index (χ4n) is 5.45. The maximum Gasteiger partial charge on any atom is 0.364 e. The number of ether oxygens (including phenoxy) is 5. The number of aliphatic hydroxyl groups is 10. The zero-order chi connectivity index (χ0) is 34.7. The van der Waals surface area contributed by atoms with E-state index >= 15 is 0 Å². The minimum absolute atomic E-state index is 0.723. The Hall–Kier alpha value is -2.19. The monoisotopic (exact) mass is 674 g/mol. The van der Waals surface area contributed by atoms with E-state index in [4.69, 9.17) is 23.7 Å². The number of hydrogen-bond acceptors (Lipinski definition) is 18. The molecule has 2 amide bonds. The SMILES string of the molecule is CC(=O)N[C@H]1[C@H]([C@H](O)[C@H](O)CO)O[C@@](OC[C@H]2OC(O)[C@H](NC(C)=O)[C@@H](O[C@@H]3O[C@H](CO)[C@H](O)[C@H](O)[C@H]3O)[C@H]2O)(C(=O)O)C[C@@H]1O. The second-order valence-corrected chi connectivity index (χ2v) is 11.3. The van der Waals surface area contributed by atoms with Crippen LogP contribution in [0.25, 0.3) is 0 Å². The topological polar surface area (TPSA) is 344 Å². The lowest BCUT2D eigenvalue weighted by Gasteiger charge is -2.48. The van der Waals surface area contributed by atoms with E-state index in [-0.39, 0.29) is 0 Å². The molecule has 0 aromatic heterocycles. The van der Waals surface area contributed by atoms with Crippen LogP contribution in [-0.2, 0) is 38.1 Å². The molecule has 0 radical (unpaired) electrons. The number of aliphatic hydroxyl groups excluding tert-OH is 10. The molecular formula is C25H42N2O19. The molecule has 0 bridgehead atoms. The number of nitrogens with one attached hydrogen (secondary N) is 2. The zero-order valence-electron chi connectivity index (χ0n) is 24.7. The summed E-state index contributed by atoms with van der Waals surface area (Å²) < 4.78 is 27.2. The molecule has 3 aliphatic rings. The molecule has 3 rings (SSSR count). The van der Waals surface area contributed by atoms with Crippen LogP contribution in [0.4, 0.5) is 0 Å². The summed E-state index contributed by atoms with van der Waals surface area (Å²) in [5.41, 5.74) is 0. The van der Waals surface area contributed by atoms with E-state index in [1.807, 2.05) is 0 Å². The van der Waals surface area contributed by atoms with Crippen LogP contribution in [0.15, 0.2) is 0 Å². The summed E-state index contributed by atoms with van der Waals surface area (Å²) in [6.45, 7) is -0.705. The number of carboxylic acids is 1. The van der Waals surface area contributed by atoms with E-state index in [9.17, 15) is 70.6 Å². The molecular weight excluding hydrogens is 632 g/mol. The highest BCUT2D eigenvalue weighted by molar-refractivity contribution is 5.76.